The van der Waals surface area contributed by atoms with Crippen molar-refractivity contribution in [1.29, 1.82) is 15.8 Å². The third kappa shape index (κ3) is 13.5. The molecule has 1 aliphatic rings. The number of benzene rings is 1. The van der Waals surface area contributed by atoms with Crippen molar-refractivity contribution in [2.24, 2.45) is 0 Å². The Hall–Kier alpha value is -4.06. The Balaban J connectivity index is 1.62. The Morgan fingerprint density at radius 1 is 0.870 bits per heavy atom. The van der Waals surface area contributed by atoms with E-state index in [1.807, 2.05) is 42.3 Å². The van der Waals surface area contributed by atoms with Crippen LogP contribution in [0.15, 0.2) is 52.8 Å². The van der Waals surface area contributed by atoms with Gasteiger partial charge in [0.05, 0.1) is 17.8 Å². The molecule has 1 atom stereocenters. The maximum Gasteiger partial charge on any atom is 0.305 e. The summed E-state index contributed by atoms with van der Waals surface area (Å²) in [4.78, 5) is 14.2. The zero-order chi connectivity index (χ0) is 33.6. The number of nitriles is 3. The number of carbonyl (C=O) groups is 1. The smallest absolute Gasteiger partial charge is 0.305 e. The number of nitrogens with zero attached hydrogens (tertiary/aromatic N) is 4. The van der Waals surface area contributed by atoms with Crippen molar-refractivity contribution in [3.63, 3.8) is 0 Å². The van der Waals surface area contributed by atoms with E-state index in [0.717, 1.165) is 24.1 Å². The van der Waals surface area contributed by atoms with Crippen LogP contribution < -0.4 is 10.2 Å². The maximum atomic E-state index is 12.2. The van der Waals surface area contributed by atoms with Crippen molar-refractivity contribution in [2.45, 2.75) is 122 Å². The zero-order valence-corrected chi connectivity index (χ0v) is 28.2. The SMILES string of the molecule is CCCCCCCCCCCCCCCCCC(=O)OCCN(C)c1ccc(/C=C/C2=C(C#N)C(=C(C#N)C#N)NC2(C)O)cc1. The third-order valence-corrected chi connectivity index (χ3v) is 8.45. The fourth-order valence-electron chi connectivity index (χ4n) is 5.60. The molecule has 8 nitrogen and oxygen atoms in total. The first kappa shape index (κ1) is 38.1. The number of nitrogens with one attached hydrogen (secondary N) is 1. The van der Waals surface area contributed by atoms with Crippen LogP contribution in [0.3, 0.4) is 0 Å². The molecule has 2 rings (SSSR count). The molecule has 0 bridgehead atoms. The van der Waals surface area contributed by atoms with E-state index >= 15 is 0 Å². The molecule has 0 spiro atoms. The summed E-state index contributed by atoms with van der Waals surface area (Å²) in [6, 6.07) is 13.2. The van der Waals surface area contributed by atoms with Gasteiger partial charge in [-0.1, -0.05) is 121 Å². The largest absolute Gasteiger partial charge is 0.464 e. The molecule has 46 heavy (non-hydrogen) atoms. The Morgan fingerprint density at radius 2 is 1.39 bits per heavy atom. The van der Waals surface area contributed by atoms with Crippen LogP contribution in [0.25, 0.3) is 6.08 Å². The number of anilines is 1. The van der Waals surface area contributed by atoms with Crippen molar-refractivity contribution >= 4 is 17.7 Å². The first-order chi connectivity index (χ1) is 22.3. The van der Waals surface area contributed by atoms with Crippen LogP contribution in [-0.2, 0) is 9.53 Å². The Labute approximate surface area is 277 Å². The van der Waals surface area contributed by atoms with E-state index in [1.54, 1.807) is 24.3 Å². The van der Waals surface area contributed by atoms with Crippen molar-refractivity contribution in [1.82, 2.24) is 5.32 Å². The van der Waals surface area contributed by atoms with Gasteiger partial charge in [0.25, 0.3) is 0 Å². The molecule has 1 aromatic carbocycles. The van der Waals surface area contributed by atoms with E-state index in [4.69, 9.17) is 4.74 Å². The van der Waals surface area contributed by atoms with Crippen LogP contribution in [0.2, 0.25) is 0 Å². The lowest BCUT2D eigenvalue weighted by atomic mass is 10.0. The molecule has 0 aliphatic carbocycles. The molecule has 0 saturated carbocycles. The fraction of sp³-hybridized carbons (Fsp3) is 0.579. The minimum atomic E-state index is -1.60. The second-order valence-corrected chi connectivity index (χ2v) is 12.3. The van der Waals surface area contributed by atoms with Gasteiger partial charge in [0.1, 0.15) is 24.8 Å². The minimum absolute atomic E-state index is 0.0321. The molecule has 248 valence electrons. The highest BCUT2D eigenvalue weighted by atomic mass is 16.5. The second kappa shape index (κ2) is 21.6. The van der Waals surface area contributed by atoms with Crippen LogP contribution in [0, 0.1) is 34.0 Å². The summed E-state index contributed by atoms with van der Waals surface area (Å²) in [6.45, 7) is 4.63. The van der Waals surface area contributed by atoms with E-state index in [1.165, 1.54) is 90.4 Å². The summed E-state index contributed by atoms with van der Waals surface area (Å²) in [5, 5.41) is 41.5. The van der Waals surface area contributed by atoms with Crippen molar-refractivity contribution in [2.75, 3.05) is 25.1 Å². The lowest BCUT2D eigenvalue weighted by Gasteiger charge is -2.20. The summed E-state index contributed by atoms with van der Waals surface area (Å²) in [5.41, 5.74) is 0.309. The molecule has 0 aromatic heterocycles. The molecule has 0 saturated heterocycles. The van der Waals surface area contributed by atoms with Gasteiger partial charge < -0.3 is 20.1 Å². The minimum Gasteiger partial charge on any atom is -0.464 e. The number of esters is 1. The van der Waals surface area contributed by atoms with Crippen molar-refractivity contribution in [3.8, 4) is 18.2 Å². The monoisotopic (exact) mass is 627 g/mol. The molecular weight excluding hydrogens is 574 g/mol. The highest BCUT2D eigenvalue weighted by molar-refractivity contribution is 5.69. The van der Waals surface area contributed by atoms with Gasteiger partial charge in [-0.3, -0.25) is 4.79 Å². The number of hydrogen-bond acceptors (Lipinski definition) is 8. The highest BCUT2D eigenvalue weighted by Gasteiger charge is 2.38. The quantitative estimate of drug-likeness (QED) is 0.0744. The number of aliphatic hydroxyl groups is 1. The molecule has 0 amide bonds. The third-order valence-electron chi connectivity index (χ3n) is 8.45. The first-order valence-corrected chi connectivity index (χ1v) is 17.1. The van der Waals surface area contributed by atoms with Gasteiger partial charge in [0.2, 0.25) is 0 Å². The predicted molar refractivity (Wildman–Crippen MR) is 184 cm³/mol. The van der Waals surface area contributed by atoms with E-state index in [9.17, 15) is 25.7 Å². The standard InChI is InChI=1S/C38H53N5O3/c1-4-5-6-7-8-9-10-11-12-13-14-15-16-17-18-19-36(44)46-27-26-43(3)33-23-20-31(21-24-33)22-25-35-34(30-41)37(32(28-39)29-40)42-38(35,2)45/h20-25,42,45H,4-19,26-27H2,1-3H3/b25-22+. The molecular formula is C38H53N5O3. The molecule has 0 radical (unpaired) electrons. The Morgan fingerprint density at radius 3 is 1.89 bits per heavy atom. The van der Waals surface area contributed by atoms with Crippen molar-refractivity contribution in [3.05, 3.63) is 58.3 Å². The highest BCUT2D eigenvalue weighted by Crippen LogP contribution is 2.33. The van der Waals surface area contributed by atoms with Crippen molar-refractivity contribution < 1.29 is 14.6 Å². The number of likely N-dealkylation sites (N-methyl/N-ethyl adjacent to an activating group) is 1. The van der Waals surface area contributed by atoms with Gasteiger partial charge in [-0.15, -0.1) is 0 Å². The fourth-order valence-corrected chi connectivity index (χ4v) is 5.60. The van der Waals surface area contributed by atoms with Gasteiger partial charge in [-0.25, -0.2) is 0 Å². The second-order valence-electron chi connectivity index (χ2n) is 12.3. The van der Waals surface area contributed by atoms with Crippen LogP contribution in [-0.4, -0.2) is 37.0 Å². The van der Waals surface area contributed by atoms with Crippen LogP contribution in [0.1, 0.15) is 122 Å². The zero-order valence-electron chi connectivity index (χ0n) is 28.2. The van der Waals surface area contributed by atoms with Crippen LogP contribution in [0.5, 0.6) is 0 Å². The summed E-state index contributed by atoms with van der Waals surface area (Å²) in [7, 11) is 1.94. The summed E-state index contributed by atoms with van der Waals surface area (Å²) in [6.07, 6.45) is 23.3. The number of ether oxygens (including phenoxy) is 1. The Kier molecular flexibility index (Phi) is 17.9. The van der Waals surface area contributed by atoms with Gasteiger partial charge in [-0.2, -0.15) is 15.8 Å². The molecule has 1 unspecified atom stereocenters. The lowest BCUT2D eigenvalue weighted by molar-refractivity contribution is -0.143. The molecule has 0 fully saturated rings. The van der Waals surface area contributed by atoms with Crippen LogP contribution >= 0.6 is 0 Å². The average Bonchev–Trinajstić information content (AvgIpc) is 3.31. The normalized spacial score (nSPS) is 15.7. The van der Waals surface area contributed by atoms with Gasteiger partial charge >= 0.3 is 5.97 Å². The summed E-state index contributed by atoms with van der Waals surface area (Å²) >= 11 is 0. The van der Waals surface area contributed by atoms with Gasteiger partial charge in [-0.05, 0) is 31.0 Å². The van der Waals surface area contributed by atoms with E-state index in [2.05, 4.69) is 12.2 Å². The number of unbranched alkanes of at least 4 members (excludes halogenated alkanes) is 14. The van der Waals surface area contributed by atoms with E-state index < -0.39 is 5.72 Å². The number of allylic oxidation sites excluding steroid dienone is 2. The summed E-state index contributed by atoms with van der Waals surface area (Å²) in [5.74, 6) is -0.137. The summed E-state index contributed by atoms with van der Waals surface area (Å²) < 4.78 is 5.46. The lowest BCUT2D eigenvalue weighted by Crippen LogP contribution is -2.38. The molecule has 1 heterocycles. The predicted octanol–water partition coefficient (Wildman–Crippen LogP) is 8.37. The average molecular weight is 628 g/mol. The van der Waals surface area contributed by atoms with Gasteiger partial charge in [0, 0.05) is 24.7 Å². The molecule has 1 aromatic rings. The topological polar surface area (TPSA) is 133 Å². The van der Waals surface area contributed by atoms with E-state index in [-0.39, 0.29) is 28.4 Å². The molecule has 2 N–H and O–H groups in total. The first-order valence-electron chi connectivity index (χ1n) is 17.1. The number of rotatable bonds is 22. The van der Waals surface area contributed by atoms with E-state index in [0.29, 0.717) is 19.6 Å². The number of carbonyl (C=O) groups excluding carboxylic acids is 1. The maximum absolute atomic E-state index is 12.2. The Bertz CT molecular complexity index is 1290. The van der Waals surface area contributed by atoms with Crippen LogP contribution in [0.4, 0.5) is 5.69 Å². The molecule has 8 heteroatoms. The molecule has 1 aliphatic heterocycles. The van der Waals surface area contributed by atoms with Gasteiger partial charge in [0.15, 0.2) is 11.3 Å². The number of hydrogen-bond donors (Lipinski definition) is 2.